The molecule has 1 aliphatic rings. The molecule has 0 radical (unpaired) electrons. The Morgan fingerprint density at radius 3 is 2.68 bits per heavy atom. The van der Waals surface area contributed by atoms with Gasteiger partial charge in [-0.3, -0.25) is 4.99 Å². The highest BCUT2D eigenvalue weighted by Gasteiger charge is 2.32. The van der Waals surface area contributed by atoms with Crippen molar-refractivity contribution in [2.45, 2.75) is 31.1 Å². The average molecular weight is 499 g/mol. The number of thiazole rings is 1. The molecule has 1 fully saturated rings. The fourth-order valence-corrected chi connectivity index (χ4v) is 4.64. The first-order valence-electron chi connectivity index (χ1n) is 8.36. The van der Waals surface area contributed by atoms with Gasteiger partial charge in [0.05, 0.1) is 12.2 Å². The number of aliphatic imine (C=N–C) groups is 1. The number of ether oxygens (including phenoxy) is 1. The number of thioether (sulfide) groups is 1. The molecule has 2 rings (SSSR count). The van der Waals surface area contributed by atoms with Crippen molar-refractivity contribution in [3.8, 4) is 0 Å². The lowest BCUT2D eigenvalue weighted by atomic mass is 9.99. The summed E-state index contributed by atoms with van der Waals surface area (Å²) in [5.74, 6) is 1.96. The molecule has 0 bridgehead atoms. The largest absolute Gasteiger partial charge is 0.381 e. The highest BCUT2D eigenvalue weighted by atomic mass is 127. The summed E-state index contributed by atoms with van der Waals surface area (Å²) in [4.78, 5) is 11.0. The van der Waals surface area contributed by atoms with Gasteiger partial charge in [0, 0.05) is 51.0 Å². The third-order valence-electron chi connectivity index (χ3n) is 4.02. The van der Waals surface area contributed by atoms with Gasteiger partial charge in [0.15, 0.2) is 11.1 Å². The highest BCUT2D eigenvalue weighted by Crippen LogP contribution is 2.34. The van der Waals surface area contributed by atoms with Gasteiger partial charge in [-0.05, 0) is 18.6 Å². The molecule has 0 aromatic carbocycles. The summed E-state index contributed by atoms with van der Waals surface area (Å²) in [7, 11) is 5.83. The Bertz CT molecular complexity index is 527. The Balaban J connectivity index is 0.00000312. The Labute approximate surface area is 176 Å². The van der Waals surface area contributed by atoms with E-state index in [1.54, 1.807) is 11.3 Å². The van der Waals surface area contributed by atoms with Crippen LogP contribution >= 0.6 is 47.1 Å². The maximum atomic E-state index is 5.53. The molecular weight excluding hydrogens is 469 g/mol. The normalized spacial score (nSPS) is 16.9. The van der Waals surface area contributed by atoms with E-state index in [-0.39, 0.29) is 28.7 Å². The minimum absolute atomic E-state index is 0. The molecule has 9 heteroatoms. The first-order chi connectivity index (χ1) is 11.6. The van der Waals surface area contributed by atoms with Crippen molar-refractivity contribution in [2.24, 2.45) is 4.99 Å². The first kappa shape index (κ1) is 22.8. The topological polar surface area (TPSA) is 61.8 Å². The quantitative estimate of drug-likeness (QED) is 0.342. The third kappa shape index (κ3) is 7.10. The van der Waals surface area contributed by atoms with Crippen LogP contribution in [0, 0.1) is 0 Å². The minimum atomic E-state index is 0. The molecule has 0 aliphatic carbocycles. The van der Waals surface area contributed by atoms with E-state index in [9.17, 15) is 0 Å². The number of nitrogens with one attached hydrogen (secondary N) is 2. The Hall–Kier alpha value is -0.260. The average Bonchev–Trinajstić information content (AvgIpc) is 3.05. The summed E-state index contributed by atoms with van der Waals surface area (Å²) in [6.07, 6.45) is 2.18. The molecule has 1 aliphatic heterocycles. The molecule has 1 saturated heterocycles. The smallest absolute Gasteiger partial charge is 0.191 e. The van der Waals surface area contributed by atoms with E-state index in [4.69, 9.17) is 4.74 Å². The van der Waals surface area contributed by atoms with Crippen LogP contribution in [0.15, 0.2) is 10.4 Å². The lowest BCUT2D eigenvalue weighted by molar-refractivity contribution is 0.0782. The fourth-order valence-electron chi connectivity index (χ4n) is 2.64. The molecule has 1 aromatic heterocycles. The number of hydrogen-bond donors (Lipinski definition) is 2. The molecule has 1 aromatic rings. The zero-order valence-corrected chi connectivity index (χ0v) is 19.5. The van der Waals surface area contributed by atoms with E-state index in [1.807, 2.05) is 37.8 Å². The van der Waals surface area contributed by atoms with Crippen LogP contribution in [0.1, 0.15) is 25.5 Å². The van der Waals surface area contributed by atoms with E-state index in [0.29, 0.717) is 6.54 Å². The van der Waals surface area contributed by atoms with Crippen molar-refractivity contribution >= 4 is 58.2 Å². The number of rotatable bonds is 7. The van der Waals surface area contributed by atoms with Crippen molar-refractivity contribution in [1.29, 1.82) is 0 Å². The van der Waals surface area contributed by atoms with Crippen LogP contribution in [0.2, 0.25) is 0 Å². The van der Waals surface area contributed by atoms with Gasteiger partial charge in [0.2, 0.25) is 0 Å². The second-order valence-corrected chi connectivity index (χ2v) is 8.59. The molecule has 6 nitrogen and oxygen atoms in total. The van der Waals surface area contributed by atoms with Gasteiger partial charge in [-0.2, -0.15) is 11.8 Å². The molecule has 0 amide bonds. The molecular formula is C16H30IN5OS2. The van der Waals surface area contributed by atoms with Gasteiger partial charge >= 0.3 is 0 Å². The van der Waals surface area contributed by atoms with E-state index in [2.05, 4.69) is 32.9 Å². The molecule has 0 atom stereocenters. The Morgan fingerprint density at radius 1 is 1.40 bits per heavy atom. The number of halogens is 1. The number of nitrogens with zero attached hydrogens (tertiary/aromatic N) is 3. The summed E-state index contributed by atoms with van der Waals surface area (Å²) in [6, 6.07) is 0. The predicted octanol–water partition coefficient (Wildman–Crippen LogP) is 2.79. The molecule has 144 valence electrons. The van der Waals surface area contributed by atoms with E-state index in [0.717, 1.165) is 55.1 Å². The van der Waals surface area contributed by atoms with Gasteiger partial charge in [0.1, 0.15) is 0 Å². The minimum Gasteiger partial charge on any atom is -0.381 e. The Kier molecular flexibility index (Phi) is 10.4. The van der Waals surface area contributed by atoms with Gasteiger partial charge in [-0.15, -0.1) is 35.3 Å². The third-order valence-corrected chi connectivity index (χ3v) is 6.53. The van der Waals surface area contributed by atoms with Crippen molar-refractivity contribution in [3.63, 3.8) is 0 Å². The number of aromatic nitrogens is 1. The Morgan fingerprint density at radius 2 is 2.12 bits per heavy atom. The van der Waals surface area contributed by atoms with Gasteiger partial charge in [-0.1, -0.05) is 6.92 Å². The second kappa shape index (κ2) is 11.5. The first-order valence-corrected chi connectivity index (χ1v) is 10.2. The highest BCUT2D eigenvalue weighted by molar-refractivity contribution is 14.0. The number of hydrogen-bond acceptors (Lipinski definition) is 6. The van der Waals surface area contributed by atoms with Crippen LogP contribution in [0.3, 0.4) is 0 Å². The standard InChI is InChI=1S/C16H29N5OS2.HI/c1-5-24-16(6-8-22-9-7-16)12-19-14(17-2)18-10-13-11-23-15(20-13)21(3)4;/h11H,5-10,12H2,1-4H3,(H2,17,18,19);1H. The molecule has 25 heavy (non-hydrogen) atoms. The monoisotopic (exact) mass is 499 g/mol. The molecule has 0 unspecified atom stereocenters. The van der Waals surface area contributed by atoms with E-state index < -0.39 is 0 Å². The summed E-state index contributed by atoms with van der Waals surface area (Å²) in [6.45, 7) is 5.52. The molecule has 0 saturated carbocycles. The summed E-state index contributed by atoms with van der Waals surface area (Å²) < 4.78 is 5.79. The summed E-state index contributed by atoms with van der Waals surface area (Å²) in [5.41, 5.74) is 1.04. The van der Waals surface area contributed by atoms with E-state index >= 15 is 0 Å². The van der Waals surface area contributed by atoms with Crippen LogP contribution in [-0.4, -0.2) is 62.3 Å². The van der Waals surface area contributed by atoms with Crippen molar-refractivity contribution in [2.75, 3.05) is 51.6 Å². The lowest BCUT2D eigenvalue weighted by Crippen LogP contribution is -2.48. The summed E-state index contributed by atoms with van der Waals surface area (Å²) in [5, 5.41) is 9.96. The zero-order valence-electron chi connectivity index (χ0n) is 15.5. The predicted molar refractivity (Wildman–Crippen MR) is 121 cm³/mol. The maximum absolute atomic E-state index is 5.53. The van der Waals surface area contributed by atoms with Gasteiger partial charge < -0.3 is 20.3 Å². The fraction of sp³-hybridized carbons (Fsp3) is 0.750. The maximum Gasteiger partial charge on any atom is 0.191 e. The van der Waals surface area contributed by atoms with Gasteiger partial charge in [-0.25, -0.2) is 4.98 Å². The van der Waals surface area contributed by atoms with Crippen molar-refractivity contribution < 1.29 is 4.74 Å². The number of guanidine groups is 1. The zero-order chi connectivity index (χ0) is 17.4. The SMILES string of the molecule is CCSC1(CNC(=NC)NCc2csc(N(C)C)n2)CCOCC1.I. The lowest BCUT2D eigenvalue weighted by Gasteiger charge is -2.37. The van der Waals surface area contributed by atoms with Crippen molar-refractivity contribution in [3.05, 3.63) is 11.1 Å². The van der Waals surface area contributed by atoms with Crippen LogP contribution < -0.4 is 15.5 Å². The van der Waals surface area contributed by atoms with Crippen LogP contribution in [0.25, 0.3) is 0 Å². The van der Waals surface area contributed by atoms with Crippen LogP contribution in [0.5, 0.6) is 0 Å². The van der Waals surface area contributed by atoms with Crippen LogP contribution in [-0.2, 0) is 11.3 Å². The van der Waals surface area contributed by atoms with E-state index in [1.165, 1.54) is 0 Å². The number of anilines is 1. The van der Waals surface area contributed by atoms with Crippen LogP contribution in [0.4, 0.5) is 5.13 Å². The molecule has 2 N–H and O–H groups in total. The second-order valence-electron chi connectivity index (χ2n) is 6.02. The van der Waals surface area contributed by atoms with Crippen molar-refractivity contribution in [1.82, 2.24) is 15.6 Å². The molecule has 0 spiro atoms. The van der Waals surface area contributed by atoms with Gasteiger partial charge in [0.25, 0.3) is 0 Å². The molecule has 2 heterocycles. The summed E-state index contributed by atoms with van der Waals surface area (Å²) >= 11 is 3.69.